The molecule has 5 rings (SSSR count). The van der Waals surface area contributed by atoms with Crippen LogP contribution in [0.2, 0.25) is 0 Å². The molecule has 2 atom stereocenters. The zero-order valence-corrected chi connectivity index (χ0v) is 21.6. The molecule has 0 radical (unpaired) electrons. The van der Waals surface area contributed by atoms with Gasteiger partial charge in [0.1, 0.15) is 16.9 Å². The Morgan fingerprint density at radius 1 is 1.09 bits per heavy atom. The summed E-state index contributed by atoms with van der Waals surface area (Å²) in [4.78, 5) is 26.9. The number of nitrogens with one attached hydrogen (secondary N) is 2. The van der Waals surface area contributed by atoms with Gasteiger partial charge >= 0.3 is 5.97 Å². The summed E-state index contributed by atoms with van der Waals surface area (Å²) >= 11 is 1.74. The number of thiophene rings is 1. The third kappa shape index (κ3) is 4.59. The highest BCUT2D eigenvalue weighted by molar-refractivity contribution is 7.16. The Labute approximate surface area is 210 Å². The van der Waals surface area contributed by atoms with E-state index in [0.29, 0.717) is 22.6 Å². The van der Waals surface area contributed by atoms with Gasteiger partial charge in [-0.2, -0.15) is 0 Å². The van der Waals surface area contributed by atoms with Crippen molar-refractivity contribution in [1.29, 1.82) is 0 Å². The van der Waals surface area contributed by atoms with E-state index in [-0.39, 0.29) is 18.0 Å². The number of amides is 1. The van der Waals surface area contributed by atoms with Crippen LogP contribution in [0.5, 0.6) is 5.75 Å². The molecule has 5 nitrogen and oxygen atoms in total. The highest BCUT2D eigenvalue weighted by Crippen LogP contribution is 2.47. The van der Waals surface area contributed by atoms with Gasteiger partial charge in [0.15, 0.2) is 0 Å². The van der Waals surface area contributed by atoms with Gasteiger partial charge in [0.25, 0.3) is 5.91 Å². The topological polar surface area (TPSA) is 67.4 Å². The maximum atomic E-state index is 13.1. The van der Waals surface area contributed by atoms with E-state index in [4.69, 9.17) is 4.74 Å². The van der Waals surface area contributed by atoms with E-state index >= 15 is 0 Å². The van der Waals surface area contributed by atoms with Crippen molar-refractivity contribution < 1.29 is 14.3 Å². The largest absolute Gasteiger partial charge is 0.423 e. The zero-order valence-electron chi connectivity index (χ0n) is 20.7. The molecule has 6 heteroatoms. The van der Waals surface area contributed by atoms with Crippen LogP contribution in [-0.2, 0) is 12.8 Å². The Morgan fingerprint density at radius 3 is 2.49 bits per heavy atom. The molecule has 1 amide bonds. The zero-order chi connectivity index (χ0) is 24.7. The molecule has 182 valence electrons. The molecule has 0 unspecified atom stereocenters. The molecule has 1 aromatic heterocycles. The molecule has 0 fully saturated rings. The highest BCUT2D eigenvalue weighted by Gasteiger charge is 2.37. The van der Waals surface area contributed by atoms with Crippen molar-refractivity contribution in [3.63, 3.8) is 0 Å². The van der Waals surface area contributed by atoms with Gasteiger partial charge in [-0.1, -0.05) is 57.0 Å². The van der Waals surface area contributed by atoms with E-state index in [0.717, 1.165) is 47.4 Å². The number of rotatable bonds is 5. The minimum absolute atomic E-state index is 0.00988. The monoisotopic (exact) mass is 488 g/mol. The lowest BCUT2D eigenvalue weighted by molar-refractivity contribution is 0.0734. The number of benzene rings is 2. The Kier molecular flexibility index (Phi) is 6.18. The van der Waals surface area contributed by atoms with Crippen LogP contribution in [0.15, 0.2) is 48.5 Å². The number of carbonyl (C=O) groups is 2. The number of hydrogen-bond acceptors (Lipinski definition) is 5. The molecule has 0 bridgehead atoms. The lowest BCUT2D eigenvalue weighted by Gasteiger charge is -2.36. The lowest BCUT2D eigenvalue weighted by Crippen LogP contribution is -2.38. The number of anilines is 1. The van der Waals surface area contributed by atoms with Gasteiger partial charge in [-0.25, -0.2) is 4.79 Å². The Hall–Kier alpha value is -3.12. The van der Waals surface area contributed by atoms with Crippen LogP contribution in [0.3, 0.4) is 0 Å². The number of aryl methyl sites for hydroxylation is 1. The molecule has 2 aliphatic rings. The minimum atomic E-state index is -0.389. The fourth-order valence-corrected chi connectivity index (χ4v) is 6.36. The van der Waals surface area contributed by atoms with E-state index in [1.165, 1.54) is 10.4 Å². The first-order valence-electron chi connectivity index (χ1n) is 12.4. The fourth-order valence-electron chi connectivity index (χ4n) is 5.00. The third-order valence-electron chi connectivity index (χ3n) is 7.77. The molecule has 1 aliphatic heterocycles. The lowest BCUT2D eigenvalue weighted by atomic mass is 9.69. The van der Waals surface area contributed by atoms with Crippen LogP contribution in [-0.4, -0.2) is 11.9 Å². The van der Waals surface area contributed by atoms with Gasteiger partial charge in [-0.15, -0.1) is 11.3 Å². The smallest absolute Gasteiger partial charge is 0.343 e. The second kappa shape index (κ2) is 9.15. The SMILES string of the molecule is CCC(C)(C)[C@H]1CCc2c(sc3c2C(=O)N[C@@H](c2ccc(OC(=O)c4ccc(C)cc4)cc2)N3)C1. The summed E-state index contributed by atoms with van der Waals surface area (Å²) in [5.41, 5.74) is 4.89. The highest BCUT2D eigenvalue weighted by atomic mass is 32.1. The number of ether oxygens (including phenoxy) is 1. The first-order chi connectivity index (χ1) is 16.7. The number of hydrogen-bond donors (Lipinski definition) is 2. The summed E-state index contributed by atoms with van der Waals surface area (Å²) in [5, 5.41) is 7.62. The normalized spacial score (nSPS) is 19.3. The molecule has 0 saturated heterocycles. The van der Waals surface area contributed by atoms with E-state index in [9.17, 15) is 9.59 Å². The van der Waals surface area contributed by atoms with Gasteiger partial charge in [-0.3, -0.25) is 4.79 Å². The molecule has 0 saturated carbocycles. The van der Waals surface area contributed by atoms with Crippen molar-refractivity contribution in [1.82, 2.24) is 5.32 Å². The van der Waals surface area contributed by atoms with Crippen LogP contribution in [0.1, 0.15) is 82.1 Å². The van der Waals surface area contributed by atoms with Crippen molar-refractivity contribution in [2.24, 2.45) is 11.3 Å². The Morgan fingerprint density at radius 2 is 1.80 bits per heavy atom. The summed E-state index contributed by atoms with van der Waals surface area (Å²) in [5.74, 6) is 0.719. The fraction of sp³-hybridized carbons (Fsp3) is 0.379. The molecular weight excluding hydrogens is 456 g/mol. The van der Waals surface area contributed by atoms with Gasteiger partial charge in [-0.05, 0) is 72.9 Å². The standard InChI is InChI=1S/C29H32N2O3S/c1-5-29(3,4)20-12-15-22-23(16-20)35-27-24(22)26(32)30-25(31-27)18-10-13-21(14-11-18)34-28(33)19-8-6-17(2)7-9-19/h6-11,13-14,20,25,31H,5,12,15-16H2,1-4H3,(H,30,32)/t20-,25+/m0/s1. The first-order valence-corrected chi connectivity index (χ1v) is 13.2. The van der Waals surface area contributed by atoms with Gasteiger partial charge in [0.05, 0.1) is 11.1 Å². The maximum Gasteiger partial charge on any atom is 0.343 e. The molecule has 2 aromatic carbocycles. The van der Waals surface area contributed by atoms with Crippen molar-refractivity contribution >= 4 is 28.2 Å². The molecule has 2 N–H and O–H groups in total. The molecule has 3 aromatic rings. The average Bonchev–Trinajstić information content (AvgIpc) is 3.23. The minimum Gasteiger partial charge on any atom is -0.423 e. The number of esters is 1. The van der Waals surface area contributed by atoms with Crippen molar-refractivity contribution in [3.8, 4) is 5.75 Å². The summed E-state index contributed by atoms with van der Waals surface area (Å²) < 4.78 is 5.52. The number of fused-ring (bicyclic) bond motifs is 3. The molecule has 0 spiro atoms. The van der Waals surface area contributed by atoms with E-state index in [1.807, 2.05) is 31.2 Å². The van der Waals surface area contributed by atoms with Crippen molar-refractivity contribution in [3.05, 3.63) is 81.2 Å². The Bertz CT molecular complexity index is 1260. The Balaban J connectivity index is 1.30. The summed E-state index contributed by atoms with van der Waals surface area (Å²) in [7, 11) is 0. The van der Waals surface area contributed by atoms with Gasteiger partial charge in [0.2, 0.25) is 0 Å². The molecule has 1 aliphatic carbocycles. The second-order valence-corrected chi connectivity index (χ2v) is 11.5. The van der Waals surface area contributed by atoms with Gasteiger partial charge in [0, 0.05) is 4.88 Å². The first kappa shape index (κ1) is 23.6. The van der Waals surface area contributed by atoms with Crippen molar-refractivity contribution in [2.45, 2.75) is 59.5 Å². The van der Waals surface area contributed by atoms with Crippen LogP contribution < -0.4 is 15.4 Å². The third-order valence-corrected chi connectivity index (χ3v) is 8.96. The quantitative estimate of drug-likeness (QED) is 0.311. The van der Waals surface area contributed by atoms with E-state index < -0.39 is 0 Å². The van der Waals surface area contributed by atoms with Crippen LogP contribution in [0, 0.1) is 18.3 Å². The van der Waals surface area contributed by atoms with Crippen LogP contribution in [0.25, 0.3) is 0 Å². The maximum absolute atomic E-state index is 13.1. The average molecular weight is 489 g/mol. The molecule has 35 heavy (non-hydrogen) atoms. The summed E-state index contributed by atoms with van der Waals surface area (Å²) in [6.07, 6.45) is 4.00. The van der Waals surface area contributed by atoms with E-state index in [2.05, 4.69) is 31.4 Å². The van der Waals surface area contributed by atoms with Crippen LogP contribution >= 0.6 is 11.3 Å². The summed E-state index contributed by atoms with van der Waals surface area (Å²) in [6.45, 7) is 8.96. The second-order valence-electron chi connectivity index (χ2n) is 10.4. The molecule has 2 heterocycles. The van der Waals surface area contributed by atoms with E-state index in [1.54, 1.807) is 35.6 Å². The van der Waals surface area contributed by atoms with Crippen LogP contribution in [0.4, 0.5) is 5.00 Å². The van der Waals surface area contributed by atoms with Gasteiger partial charge < -0.3 is 15.4 Å². The van der Waals surface area contributed by atoms with Crippen molar-refractivity contribution in [2.75, 3.05) is 5.32 Å². The predicted octanol–water partition coefficient (Wildman–Crippen LogP) is 6.67. The molecular formula is C29H32N2O3S. The predicted molar refractivity (Wildman–Crippen MR) is 140 cm³/mol. The summed E-state index contributed by atoms with van der Waals surface area (Å²) in [6, 6.07) is 14.6. The number of carbonyl (C=O) groups excluding carboxylic acids is 2.